The molecule has 3 rings (SSSR count). The number of nitriles is 1. The lowest BCUT2D eigenvalue weighted by molar-refractivity contribution is 0.695. The molecule has 1 aliphatic rings. The van der Waals surface area contributed by atoms with Crippen LogP contribution in [0.15, 0.2) is 40.7 Å². The summed E-state index contributed by atoms with van der Waals surface area (Å²) >= 11 is 0. The zero-order valence-corrected chi connectivity index (χ0v) is 8.33. The number of hydrogen-bond acceptors (Lipinski definition) is 4. The monoisotopic (exact) mass is 209 g/mol. The van der Waals surface area contributed by atoms with Gasteiger partial charge in [-0.15, -0.1) is 10.2 Å². The summed E-state index contributed by atoms with van der Waals surface area (Å²) in [5.74, 6) is 0.527. The molecule has 0 fully saturated rings. The highest BCUT2D eigenvalue weighted by molar-refractivity contribution is 5.52. The van der Waals surface area contributed by atoms with Crippen LogP contribution in [-0.2, 0) is 6.54 Å². The molecule has 0 unspecified atom stereocenters. The molecular weight excluding hydrogens is 202 g/mol. The molecule has 0 saturated carbocycles. The Bertz CT molecular complexity index is 618. The molecule has 1 aromatic carbocycles. The maximum atomic E-state index is 8.89. The van der Waals surface area contributed by atoms with Crippen molar-refractivity contribution in [2.45, 2.75) is 6.54 Å². The fourth-order valence-corrected chi connectivity index (χ4v) is 1.68. The summed E-state index contributed by atoms with van der Waals surface area (Å²) in [7, 11) is 0. The fourth-order valence-electron chi connectivity index (χ4n) is 1.68. The van der Waals surface area contributed by atoms with E-state index in [0.29, 0.717) is 17.9 Å². The number of hydrogen-bond donors (Lipinski definition) is 0. The molecule has 0 atom stereocenters. The van der Waals surface area contributed by atoms with Crippen LogP contribution in [0.1, 0.15) is 11.1 Å². The third-order valence-electron chi connectivity index (χ3n) is 2.50. The van der Waals surface area contributed by atoms with Crippen LogP contribution in [0.25, 0.3) is 0 Å². The minimum atomic E-state index is 0.455. The van der Waals surface area contributed by atoms with E-state index in [-0.39, 0.29) is 0 Å². The SMILES string of the molecule is N#Cc1cnn2c1N=Nc1ccccc1C2. The smallest absolute Gasteiger partial charge is 0.191 e. The molecular formula is C11H7N5. The van der Waals surface area contributed by atoms with E-state index in [4.69, 9.17) is 5.26 Å². The maximum absolute atomic E-state index is 8.89. The third kappa shape index (κ3) is 1.21. The Morgan fingerprint density at radius 1 is 1.25 bits per heavy atom. The van der Waals surface area contributed by atoms with Gasteiger partial charge in [0, 0.05) is 5.56 Å². The average molecular weight is 209 g/mol. The van der Waals surface area contributed by atoms with Crippen molar-refractivity contribution < 1.29 is 0 Å². The number of benzene rings is 1. The van der Waals surface area contributed by atoms with E-state index in [1.54, 1.807) is 4.68 Å². The Labute approximate surface area is 91.7 Å². The fraction of sp³-hybridized carbons (Fsp3) is 0.0909. The third-order valence-corrected chi connectivity index (χ3v) is 2.50. The Morgan fingerprint density at radius 2 is 2.12 bits per heavy atom. The standard InChI is InChI=1S/C11H7N5/c12-5-9-6-13-16-7-8-3-1-2-4-10(8)14-15-11(9)16/h1-4,6H,7H2. The predicted molar refractivity (Wildman–Crippen MR) is 56.7 cm³/mol. The lowest BCUT2D eigenvalue weighted by atomic mass is 10.2. The second-order valence-corrected chi connectivity index (χ2v) is 3.48. The predicted octanol–water partition coefficient (Wildman–Crippen LogP) is 2.53. The van der Waals surface area contributed by atoms with E-state index in [1.807, 2.05) is 24.3 Å². The van der Waals surface area contributed by atoms with Gasteiger partial charge in [0.25, 0.3) is 0 Å². The first-order valence-corrected chi connectivity index (χ1v) is 4.84. The molecule has 1 aromatic heterocycles. The van der Waals surface area contributed by atoms with Crippen molar-refractivity contribution in [1.29, 1.82) is 5.26 Å². The van der Waals surface area contributed by atoms with E-state index < -0.39 is 0 Å². The minimum Gasteiger partial charge on any atom is -0.241 e. The van der Waals surface area contributed by atoms with Crippen molar-refractivity contribution in [1.82, 2.24) is 9.78 Å². The van der Waals surface area contributed by atoms with E-state index in [1.165, 1.54) is 6.20 Å². The topological polar surface area (TPSA) is 66.3 Å². The Balaban J connectivity index is 2.19. The van der Waals surface area contributed by atoms with Crippen LogP contribution < -0.4 is 0 Å². The molecule has 16 heavy (non-hydrogen) atoms. The van der Waals surface area contributed by atoms with Crippen LogP contribution >= 0.6 is 0 Å². The van der Waals surface area contributed by atoms with E-state index >= 15 is 0 Å². The molecule has 0 spiro atoms. The Morgan fingerprint density at radius 3 is 3.00 bits per heavy atom. The summed E-state index contributed by atoms with van der Waals surface area (Å²) in [4.78, 5) is 0. The summed E-state index contributed by atoms with van der Waals surface area (Å²) in [6, 6.07) is 9.80. The molecule has 76 valence electrons. The second kappa shape index (κ2) is 3.28. The van der Waals surface area contributed by atoms with Gasteiger partial charge in [-0.25, -0.2) is 4.68 Å². The summed E-state index contributed by atoms with van der Waals surface area (Å²) in [5.41, 5.74) is 2.34. The first-order valence-electron chi connectivity index (χ1n) is 4.84. The Hall–Kier alpha value is -2.48. The highest BCUT2D eigenvalue weighted by Gasteiger charge is 2.14. The van der Waals surface area contributed by atoms with Gasteiger partial charge in [-0.05, 0) is 6.07 Å². The van der Waals surface area contributed by atoms with Crippen LogP contribution in [-0.4, -0.2) is 9.78 Å². The summed E-state index contributed by atoms with van der Waals surface area (Å²) < 4.78 is 1.69. The van der Waals surface area contributed by atoms with Gasteiger partial charge >= 0.3 is 0 Å². The zero-order valence-electron chi connectivity index (χ0n) is 8.33. The van der Waals surface area contributed by atoms with Gasteiger partial charge in [-0.2, -0.15) is 10.4 Å². The average Bonchev–Trinajstić information content (AvgIpc) is 2.61. The van der Waals surface area contributed by atoms with Crippen LogP contribution in [0, 0.1) is 11.3 Å². The van der Waals surface area contributed by atoms with Crippen LogP contribution in [0.2, 0.25) is 0 Å². The zero-order chi connectivity index (χ0) is 11.0. The number of rotatable bonds is 0. The quantitative estimate of drug-likeness (QED) is 0.571. The Kier molecular flexibility index (Phi) is 1.80. The molecule has 5 nitrogen and oxygen atoms in total. The van der Waals surface area contributed by atoms with Gasteiger partial charge < -0.3 is 0 Å². The normalized spacial score (nSPS) is 12.4. The van der Waals surface area contributed by atoms with Crippen molar-refractivity contribution >= 4 is 11.5 Å². The molecule has 0 amide bonds. The molecule has 2 heterocycles. The lowest BCUT2D eigenvalue weighted by Crippen LogP contribution is -1.99. The van der Waals surface area contributed by atoms with Crippen molar-refractivity contribution in [3.63, 3.8) is 0 Å². The van der Waals surface area contributed by atoms with Crippen LogP contribution in [0.4, 0.5) is 11.5 Å². The molecule has 5 heteroatoms. The number of azo groups is 1. The lowest BCUT2D eigenvalue weighted by Gasteiger charge is -2.01. The van der Waals surface area contributed by atoms with Crippen LogP contribution in [0.3, 0.4) is 0 Å². The highest BCUT2D eigenvalue weighted by Crippen LogP contribution is 2.29. The first kappa shape index (κ1) is 8.80. The maximum Gasteiger partial charge on any atom is 0.191 e. The number of fused-ring (bicyclic) bond motifs is 2. The van der Waals surface area contributed by atoms with Gasteiger partial charge in [-0.3, -0.25) is 0 Å². The summed E-state index contributed by atoms with van der Waals surface area (Å²) in [5, 5.41) is 21.2. The van der Waals surface area contributed by atoms with Gasteiger partial charge in [0.15, 0.2) is 5.82 Å². The molecule has 0 aliphatic carbocycles. The highest BCUT2D eigenvalue weighted by atomic mass is 15.4. The van der Waals surface area contributed by atoms with E-state index in [2.05, 4.69) is 21.4 Å². The van der Waals surface area contributed by atoms with Gasteiger partial charge in [0.05, 0.1) is 18.4 Å². The summed E-state index contributed by atoms with van der Waals surface area (Å²) in [6.07, 6.45) is 1.52. The molecule has 1 aliphatic heterocycles. The van der Waals surface area contributed by atoms with E-state index in [9.17, 15) is 0 Å². The molecule has 0 N–H and O–H groups in total. The minimum absolute atomic E-state index is 0.455. The number of aromatic nitrogens is 2. The van der Waals surface area contributed by atoms with Crippen molar-refractivity contribution in [2.75, 3.05) is 0 Å². The molecule has 0 radical (unpaired) electrons. The van der Waals surface area contributed by atoms with Gasteiger partial charge in [0.2, 0.25) is 0 Å². The van der Waals surface area contributed by atoms with Crippen LogP contribution in [0.5, 0.6) is 0 Å². The van der Waals surface area contributed by atoms with Crippen molar-refractivity contribution in [2.24, 2.45) is 10.2 Å². The number of nitrogens with zero attached hydrogens (tertiary/aromatic N) is 5. The van der Waals surface area contributed by atoms with Crippen molar-refractivity contribution in [3.8, 4) is 6.07 Å². The van der Waals surface area contributed by atoms with Gasteiger partial charge in [-0.1, -0.05) is 18.2 Å². The van der Waals surface area contributed by atoms with Crippen molar-refractivity contribution in [3.05, 3.63) is 41.6 Å². The molecule has 0 bridgehead atoms. The summed E-state index contributed by atoms with van der Waals surface area (Å²) in [6.45, 7) is 0.597. The first-order chi connectivity index (χ1) is 7.88. The molecule has 2 aromatic rings. The second-order valence-electron chi connectivity index (χ2n) is 3.48. The largest absolute Gasteiger partial charge is 0.241 e. The van der Waals surface area contributed by atoms with E-state index in [0.717, 1.165) is 11.3 Å². The molecule has 0 saturated heterocycles. The van der Waals surface area contributed by atoms with Gasteiger partial charge in [0.1, 0.15) is 11.6 Å².